The Kier molecular flexibility index (Phi) is 5.30. The van der Waals surface area contributed by atoms with Gasteiger partial charge in [0.25, 0.3) is 0 Å². The maximum absolute atomic E-state index is 2.40. The van der Waals surface area contributed by atoms with Gasteiger partial charge in [-0.1, -0.05) is 56.5 Å². The molecule has 0 saturated heterocycles. The van der Waals surface area contributed by atoms with Gasteiger partial charge in [-0.05, 0) is 77.4 Å². The third-order valence-corrected chi connectivity index (χ3v) is 5.82. The molecule has 1 aromatic heterocycles. The van der Waals surface area contributed by atoms with Gasteiger partial charge in [0, 0.05) is 20.0 Å². The fraction of sp³-hybridized carbons (Fsp3) is 0.250. The van der Waals surface area contributed by atoms with Crippen LogP contribution in [-0.2, 0) is 6.42 Å². The summed E-state index contributed by atoms with van der Waals surface area (Å²) in [6, 6.07) is 24.6. The van der Waals surface area contributed by atoms with Crippen molar-refractivity contribution in [1.82, 2.24) is 4.57 Å². The van der Waals surface area contributed by atoms with Gasteiger partial charge in [-0.3, -0.25) is 0 Å². The third kappa shape index (κ3) is 3.39. The van der Waals surface area contributed by atoms with E-state index in [0.717, 1.165) is 0 Å². The van der Waals surface area contributed by atoms with E-state index in [-0.39, 0.29) is 0 Å². The van der Waals surface area contributed by atoms with Gasteiger partial charge in [-0.2, -0.15) is 0 Å². The van der Waals surface area contributed by atoms with Crippen LogP contribution >= 0.6 is 22.6 Å². The molecule has 4 rings (SSSR count). The molecule has 0 radical (unpaired) electrons. The quantitative estimate of drug-likeness (QED) is 0.210. The number of rotatable bonds is 6. The van der Waals surface area contributed by atoms with E-state index in [0.29, 0.717) is 0 Å². The summed E-state index contributed by atoms with van der Waals surface area (Å²) < 4.78 is 3.67. The SMILES string of the molecule is CCCCCCc1ccc(-n2c3ccccc3c3cc(I)ccc32)cc1. The standard InChI is InChI=1S/C24H24IN/c1-2-3-4-5-8-18-11-14-20(15-12-18)26-23-10-7-6-9-21(23)22-17-19(25)13-16-24(22)26/h6-7,9-17H,2-5,8H2,1H3. The molecule has 4 aromatic rings. The van der Waals surface area contributed by atoms with Crippen molar-refractivity contribution in [3.8, 4) is 5.69 Å². The summed E-state index contributed by atoms with van der Waals surface area (Å²) in [7, 11) is 0. The Morgan fingerprint density at radius 3 is 2.35 bits per heavy atom. The minimum Gasteiger partial charge on any atom is -0.309 e. The Balaban J connectivity index is 1.74. The van der Waals surface area contributed by atoms with Crippen molar-refractivity contribution >= 4 is 44.4 Å². The topological polar surface area (TPSA) is 4.93 Å². The number of aromatic nitrogens is 1. The third-order valence-electron chi connectivity index (χ3n) is 5.15. The molecule has 2 heteroatoms. The molecule has 0 N–H and O–H groups in total. The zero-order valence-electron chi connectivity index (χ0n) is 15.2. The first kappa shape index (κ1) is 17.6. The summed E-state index contributed by atoms with van der Waals surface area (Å²) >= 11 is 2.40. The molecule has 3 aromatic carbocycles. The number of nitrogens with zero attached hydrogens (tertiary/aromatic N) is 1. The fourth-order valence-corrected chi connectivity index (χ4v) is 4.28. The number of para-hydroxylation sites is 1. The molecular formula is C24H24IN. The summed E-state index contributed by atoms with van der Waals surface area (Å²) in [6.45, 7) is 2.27. The van der Waals surface area contributed by atoms with Crippen LogP contribution in [0.4, 0.5) is 0 Å². The first-order chi connectivity index (χ1) is 12.8. The number of hydrogen-bond acceptors (Lipinski definition) is 0. The molecule has 0 unspecified atom stereocenters. The van der Waals surface area contributed by atoms with E-state index in [4.69, 9.17) is 0 Å². The minimum atomic E-state index is 1.19. The maximum Gasteiger partial charge on any atom is 0.0541 e. The Morgan fingerprint density at radius 1 is 0.769 bits per heavy atom. The lowest BCUT2D eigenvalue weighted by Crippen LogP contribution is -1.94. The zero-order chi connectivity index (χ0) is 17.9. The van der Waals surface area contributed by atoms with E-state index in [2.05, 4.69) is 101 Å². The molecule has 0 amide bonds. The minimum absolute atomic E-state index is 1.19. The molecule has 0 spiro atoms. The second-order valence-electron chi connectivity index (χ2n) is 6.99. The van der Waals surface area contributed by atoms with Crippen molar-refractivity contribution in [1.29, 1.82) is 0 Å². The molecule has 0 fully saturated rings. The van der Waals surface area contributed by atoms with Crippen molar-refractivity contribution in [3.63, 3.8) is 0 Å². The summed E-state index contributed by atoms with van der Waals surface area (Å²) in [5.74, 6) is 0. The number of aryl methyl sites for hydroxylation is 1. The van der Waals surface area contributed by atoms with E-state index >= 15 is 0 Å². The Labute approximate surface area is 169 Å². The van der Waals surface area contributed by atoms with Gasteiger partial charge in [0.05, 0.1) is 11.0 Å². The van der Waals surface area contributed by atoms with E-state index in [1.807, 2.05) is 0 Å². The molecule has 0 atom stereocenters. The van der Waals surface area contributed by atoms with E-state index in [1.165, 1.54) is 68.7 Å². The molecule has 1 heterocycles. The van der Waals surface area contributed by atoms with E-state index in [1.54, 1.807) is 0 Å². The molecule has 0 aliphatic rings. The lowest BCUT2D eigenvalue weighted by molar-refractivity contribution is 0.667. The second-order valence-corrected chi connectivity index (χ2v) is 8.24. The fourth-order valence-electron chi connectivity index (χ4n) is 3.79. The van der Waals surface area contributed by atoms with Gasteiger partial charge in [-0.15, -0.1) is 0 Å². The van der Waals surface area contributed by atoms with Gasteiger partial charge < -0.3 is 4.57 Å². The van der Waals surface area contributed by atoms with Crippen LogP contribution in [0.3, 0.4) is 0 Å². The molecule has 0 aliphatic carbocycles. The zero-order valence-corrected chi connectivity index (χ0v) is 17.4. The van der Waals surface area contributed by atoms with Gasteiger partial charge >= 0.3 is 0 Å². The lowest BCUT2D eigenvalue weighted by Gasteiger charge is -2.09. The van der Waals surface area contributed by atoms with Gasteiger partial charge in [-0.25, -0.2) is 0 Å². The van der Waals surface area contributed by atoms with Crippen LogP contribution in [0.5, 0.6) is 0 Å². The lowest BCUT2D eigenvalue weighted by atomic mass is 10.1. The Bertz CT molecular complexity index is 1030. The molecule has 0 aliphatic heterocycles. The van der Waals surface area contributed by atoms with Crippen LogP contribution in [-0.4, -0.2) is 4.57 Å². The summed E-state index contributed by atoms with van der Waals surface area (Å²) in [5, 5.41) is 2.65. The number of halogens is 1. The molecule has 132 valence electrons. The van der Waals surface area contributed by atoms with Crippen LogP contribution in [0.25, 0.3) is 27.5 Å². The first-order valence-corrected chi connectivity index (χ1v) is 10.6. The van der Waals surface area contributed by atoms with Crippen LogP contribution in [0.15, 0.2) is 66.7 Å². The van der Waals surface area contributed by atoms with Crippen LogP contribution in [0.1, 0.15) is 38.2 Å². The predicted molar refractivity (Wildman–Crippen MR) is 121 cm³/mol. The average Bonchev–Trinajstić information content (AvgIpc) is 3.00. The molecule has 0 bridgehead atoms. The van der Waals surface area contributed by atoms with Crippen molar-refractivity contribution < 1.29 is 0 Å². The average molecular weight is 453 g/mol. The molecule has 1 nitrogen and oxygen atoms in total. The highest BCUT2D eigenvalue weighted by Gasteiger charge is 2.11. The smallest absolute Gasteiger partial charge is 0.0541 e. The largest absolute Gasteiger partial charge is 0.309 e. The second kappa shape index (κ2) is 7.83. The number of fused-ring (bicyclic) bond motifs is 3. The van der Waals surface area contributed by atoms with E-state index in [9.17, 15) is 0 Å². The van der Waals surface area contributed by atoms with Crippen molar-refractivity contribution in [2.45, 2.75) is 39.0 Å². The summed E-state index contributed by atoms with van der Waals surface area (Å²) in [6.07, 6.45) is 6.46. The van der Waals surface area contributed by atoms with Gasteiger partial charge in [0.2, 0.25) is 0 Å². The molecule has 26 heavy (non-hydrogen) atoms. The first-order valence-electron chi connectivity index (χ1n) is 9.56. The maximum atomic E-state index is 2.40. The van der Waals surface area contributed by atoms with E-state index < -0.39 is 0 Å². The van der Waals surface area contributed by atoms with Crippen molar-refractivity contribution in [2.75, 3.05) is 0 Å². The number of unbranched alkanes of at least 4 members (excludes halogenated alkanes) is 3. The highest BCUT2D eigenvalue weighted by Crippen LogP contribution is 2.32. The highest BCUT2D eigenvalue weighted by atomic mass is 127. The number of hydrogen-bond donors (Lipinski definition) is 0. The van der Waals surface area contributed by atoms with Gasteiger partial charge in [0.15, 0.2) is 0 Å². The van der Waals surface area contributed by atoms with Gasteiger partial charge in [0.1, 0.15) is 0 Å². The Morgan fingerprint density at radius 2 is 1.54 bits per heavy atom. The van der Waals surface area contributed by atoms with Crippen LogP contribution in [0, 0.1) is 3.57 Å². The number of benzene rings is 3. The summed E-state index contributed by atoms with van der Waals surface area (Å²) in [5.41, 5.74) is 5.25. The summed E-state index contributed by atoms with van der Waals surface area (Å²) in [4.78, 5) is 0. The monoisotopic (exact) mass is 453 g/mol. The molecule has 0 saturated carbocycles. The normalized spacial score (nSPS) is 11.5. The van der Waals surface area contributed by atoms with Crippen LogP contribution < -0.4 is 0 Å². The van der Waals surface area contributed by atoms with Crippen molar-refractivity contribution in [3.05, 3.63) is 75.9 Å². The highest BCUT2D eigenvalue weighted by molar-refractivity contribution is 14.1. The predicted octanol–water partition coefficient (Wildman–Crippen LogP) is 7.51. The van der Waals surface area contributed by atoms with Crippen LogP contribution in [0.2, 0.25) is 0 Å². The van der Waals surface area contributed by atoms with Crippen molar-refractivity contribution in [2.24, 2.45) is 0 Å². The Hall–Kier alpha value is -1.81. The molecular weight excluding hydrogens is 429 g/mol.